The van der Waals surface area contributed by atoms with Crippen molar-refractivity contribution in [2.75, 3.05) is 0 Å². The van der Waals surface area contributed by atoms with E-state index in [0.717, 1.165) is 27.8 Å². The van der Waals surface area contributed by atoms with Crippen LogP contribution in [0, 0.1) is 6.92 Å². The Bertz CT molecular complexity index is 753. The molecule has 2 rings (SSSR count). The van der Waals surface area contributed by atoms with Gasteiger partial charge in [0.1, 0.15) is 18.1 Å². The lowest BCUT2D eigenvalue weighted by Gasteiger charge is -2.25. The van der Waals surface area contributed by atoms with Gasteiger partial charge in [0.2, 0.25) is 5.76 Å². The number of carboxylic acids is 1. The van der Waals surface area contributed by atoms with E-state index in [0.29, 0.717) is 5.76 Å². The van der Waals surface area contributed by atoms with Gasteiger partial charge in [0, 0.05) is 11.1 Å². The topological polar surface area (TPSA) is 59.7 Å². The van der Waals surface area contributed by atoms with Crippen LogP contribution in [0.25, 0.3) is 0 Å². The van der Waals surface area contributed by atoms with Crippen LogP contribution in [0.5, 0.6) is 5.75 Å². The molecule has 130 valence electrons. The summed E-state index contributed by atoms with van der Waals surface area (Å²) >= 11 is 3.61. The summed E-state index contributed by atoms with van der Waals surface area (Å²) in [4.78, 5) is 11.0. The van der Waals surface area contributed by atoms with Gasteiger partial charge in [-0.05, 0) is 52.4 Å². The summed E-state index contributed by atoms with van der Waals surface area (Å²) in [6.07, 6.45) is 0.949. The number of rotatable bonds is 5. The van der Waals surface area contributed by atoms with E-state index in [-0.39, 0.29) is 17.8 Å². The van der Waals surface area contributed by atoms with Crippen LogP contribution in [-0.2, 0) is 18.4 Å². The second-order valence-electron chi connectivity index (χ2n) is 6.84. The van der Waals surface area contributed by atoms with Crippen molar-refractivity contribution in [3.63, 3.8) is 0 Å². The Morgan fingerprint density at radius 1 is 1.29 bits per heavy atom. The summed E-state index contributed by atoms with van der Waals surface area (Å²) in [5, 5.41) is 9.02. The Morgan fingerprint density at radius 2 is 1.96 bits per heavy atom. The number of benzene rings is 1. The van der Waals surface area contributed by atoms with Crippen molar-refractivity contribution in [2.45, 2.75) is 53.1 Å². The normalized spacial score (nSPS) is 11.6. The van der Waals surface area contributed by atoms with Crippen molar-refractivity contribution < 1.29 is 19.1 Å². The molecule has 0 saturated carbocycles. The molecule has 0 bridgehead atoms. The Kier molecular flexibility index (Phi) is 5.43. The van der Waals surface area contributed by atoms with Gasteiger partial charge in [-0.15, -0.1) is 0 Å². The molecule has 24 heavy (non-hydrogen) atoms. The van der Waals surface area contributed by atoms with E-state index < -0.39 is 5.97 Å². The lowest BCUT2D eigenvalue weighted by atomic mass is 9.85. The zero-order valence-corrected chi connectivity index (χ0v) is 16.3. The zero-order chi connectivity index (χ0) is 18.1. The minimum atomic E-state index is -1.08. The van der Waals surface area contributed by atoms with Crippen LogP contribution in [0.1, 0.15) is 60.7 Å². The molecular formula is C19H23BrO4. The highest BCUT2D eigenvalue weighted by Gasteiger charge is 2.23. The summed E-state index contributed by atoms with van der Waals surface area (Å²) in [7, 11) is 0. The predicted octanol–water partition coefficient (Wildman–Crippen LogP) is 5.49. The smallest absolute Gasteiger partial charge is 0.371 e. The van der Waals surface area contributed by atoms with E-state index in [1.807, 2.05) is 0 Å². The predicted molar refractivity (Wildman–Crippen MR) is 97.0 cm³/mol. The molecular weight excluding hydrogens is 372 g/mol. The number of hydrogen-bond donors (Lipinski definition) is 1. The maximum Gasteiger partial charge on any atom is 0.371 e. The average Bonchev–Trinajstić information content (AvgIpc) is 2.85. The molecule has 0 atom stereocenters. The van der Waals surface area contributed by atoms with Crippen molar-refractivity contribution in [1.29, 1.82) is 0 Å². The molecule has 0 saturated heterocycles. The average molecular weight is 395 g/mol. The molecule has 1 aromatic carbocycles. The summed E-state index contributed by atoms with van der Waals surface area (Å²) in [6, 6.07) is 5.75. The van der Waals surface area contributed by atoms with Gasteiger partial charge < -0.3 is 14.3 Å². The lowest BCUT2D eigenvalue weighted by Crippen LogP contribution is -2.14. The Hall–Kier alpha value is -1.75. The fourth-order valence-corrected chi connectivity index (χ4v) is 3.10. The molecule has 2 aromatic rings. The van der Waals surface area contributed by atoms with Crippen molar-refractivity contribution in [3.8, 4) is 5.75 Å². The quantitative estimate of drug-likeness (QED) is 0.728. The molecule has 0 amide bonds. The zero-order valence-electron chi connectivity index (χ0n) is 14.7. The first-order chi connectivity index (χ1) is 11.1. The maximum absolute atomic E-state index is 11.0. The maximum atomic E-state index is 11.0. The van der Waals surface area contributed by atoms with E-state index in [2.05, 4.69) is 55.8 Å². The van der Waals surface area contributed by atoms with Crippen LogP contribution in [0.15, 0.2) is 27.1 Å². The largest absolute Gasteiger partial charge is 0.487 e. The van der Waals surface area contributed by atoms with Crippen molar-refractivity contribution in [2.24, 2.45) is 0 Å². The van der Waals surface area contributed by atoms with Gasteiger partial charge in [0.15, 0.2) is 0 Å². The second-order valence-corrected chi connectivity index (χ2v) is 7.70. The molecule has 5 heteroatoms. The number of carboxylic acid groups (broad SMARTS) is 1. The van der Waals surface area contributed by atoms with E-state index >= 15 is 0 Å². The first kappa shape index (κ1) is 18.6. The van der Waals surface area contributed by atoms with E-state index in [1.165, 1.54) is 11.6 Å². The minimum absolute atomic E-state index is 0.0671. The van der Waals surface area contributed by atoms with Crippen LogP contribution in [0.4, 0.5) is 0 Å². The SMILES string of the molecule is CCc1cc(Br)c(OCc2cc(C(=O)O)oc2C)c(C(C)(C)C)c1. The fraction of sp³-hybridized carbons (Fsp3) is 0.421. The molecule has 0 radical (unpaired) electrons. The molecule has 0 aliphatic heterocycles. The van der Waals surface area contributed by atoms with Gasteiger partial charge in [-0.1, -0.05) is 33.8 Å². The third kappa shape index (κ3) is 4.01. The van der Waals surface area contributed by atoms with Crippen molar-refractivity contribution in [3.05, 3.63) is 50.9 Å². The third-order valence-electron chi connectivity index (χ3n) is 3.92. The molecule has 1 N–H and O–H groups in total. The molecule has 0 aliphatic carbocycles. The third-order valence-corrected chi connectivity index (χ3v) is 4.51. The van der Waals surface area contributed by atoms with Crippen molar-refractivity contribution in [1.82, 2.24) is 0 Å². The summed E-state index contributed by atoms with van der Waals surface area (Å²) in [5.41, 5.74) is 3.03. The first-order valence-electron chi connectivity index (χ1n) is 7.91. The molecule has 1 heterocycles. The summed E-state index contributed by atoms with van der Waals surface area (Å²) < 4.78 is 12.2. The second kappa shape index (κ2) is 7.01. The van der Waals surface area contributed by atoms with Crippen LogP contribution >= 0.6 is 15.9 Å². The number of hydrogen-bond acceptors (Lipinski definition) is 3. The molecule has 1 aromatic heterocycles. The van der Waals surface area contributed by atoms with Gasteiger partial charge in [0.05, 0.1) is 4.47 Å². The number of aryl methyl sites for hydroxylation is 2. The molecule has 0 fully saturated rings. The van der Waals surface area contributed by atoms with Crippen LogP contribution in [0.3, 0.4) is 0 Å². The molecule has 0 aliphatic rings. The fourth-order valence-electron chi connectivity index (χ4n) is 2.48. The standard InChI is InChI=1S/C19H23BrO4/c1-6-12-7-14(19(3,4)5)17(15(20)8-12)23-10-13-9-16(18(21)22)24-11(13)2/h7-9H,6,10H2,1-5H3,(H,21,22). The van der Waals surface area contributed by atoms with Crippen LogP contribution in [0.2, 0.25) is 0 Å². The number of ether oxygens (including phenoxy) is 1. The highest BCUT2D eigenvalue weighted by molar-refractivity contribution is 9.10. The summed E-state index contributed by atoms with van der Waals surface area (Å²) in [5.74, 6) is 0.207. The van der Waals surface area contributed by atoms with Gasteiger partial charge in [0.25, 0.3) is 0 Å². The highest BCUT2D eigenvalue weighted by Crippen LogP contribution is 2.39. The summed E-state index contributed by atoms with van der Waals surface area (Å²) in [6.45, 7) is 10.6. The van der Waals surface area contributed by atoms with Gasteiger partial charge in [-0.3, -0.25) is 0 Å². The van der Waals surface area contributed by atoms with E-state index in [9.17, 15) is 4.79 Å². The Labute approximate surface area is 151 Å². The molecule has 0 unspecified atom stereocenters. The Morgan fingerprint density at radius 3 is 2.46 bits per heavy atom. The minimum Gasteiger partial charge on any atom is -0.487 e. The first-order valence-corrected chi connectivity index (χ1v) is 8.71. The lowest BCUT2D eigenvalue weighted by molar-refractivity contribution is 0.0661. The van der Waals surface area contributed by atoms with Gasteiger partial charge in [-0.25, -0.2) is 4.79 Å². The van der Waals surface area contributed by atoms with Crippen LogP contribution < -0.4 is 4.74 Å². The monoisotopic (exact) mass is 394 g/mol. The van der Waals surface area contributed by atoms with E-state index in [4.69, 9.17) is 14.3 Å². The number of furan rings is 1. The van der Waals surface area contributed by atoms with E-state index in [1.54, 1.807) is 6.92 Å². The van der Waals surface area contributed by atoms with Crippen molar-refractivity contribution >= 4 is 21.9 Å². The molecule has 0 spiro atoms. The van der Waals surface area contributed by atoms with Gasteiger partial charge >= 0.3 is 5.97 Å². The van der Waals surface area contributed by atoms with Crippen LogP contribution in [-0.4, -0.2) is 11.1 Å². The number of carbonyl (C=O) groups is 1. The number of halogens is 1. The molecule has 4 nitrogen and oxygen atoms in total. The van der Waals surface area contributed by atoms with Gasteiger partial charge in [-0.2, -0.15) is 0 Å². The highest BCUT2D eigenvalue weighted by atomic mass is 79.9. The Balaban J connectivity index is 2.34. The number of aromatic carboxylic acids is 1.